The van der Waals surface area contributed by atoms with Gasteiger partial charge in [0.15, 0.2) is 6.17 Å². The second kappa shape index (κ2) is 7.65. The van der Waals surface area contributed by atoms with Gasteiger partial charge < -0.3 is 10.1 Å². The van der Waals surface area contributed by atoms with Crippen molar-refractivity contribution >= 4 is 21.6 Å². The lowest BCUT2D eigenvalue weighted by Crippen LogP contribution is -2.26. The van der Waals surface area contributed by atoms with E-state index in [2.05, 4.69) is 75.3 Å². The Balaban J connectivity index is 1.53. The Kier molecular flexibility index (Phi) is 4.83. The molecule has 0 bridgehead atoms. The highest BCUT2D eigenvalue weighted by atomic mass is 79.9. The highest BCUT2D eigenvalue weighted by Gasteiger charge is 2.29. The molecule has 1 unspecified atom stereocenters. The van der Waals surface area contributed by atoms with Crippen LogP contribution in [0.1, 0.15) is 28.6 Å². The third-order valence-electron chi connectivity index (χ3n) is 5.45. The molecule has 0 amide bonds. The van der Waals surface area contributed by atoms with Crippen LogP contribution < -0.4 is 10.1 Å². The molecule has 1 aliphatic rings. The quantitative estimate of drug-likeness (QED) is 0.379. The van der Waals surface area contributed by atoms with Gasteiger partial charge in [-0.15, -0.1) is 0 Å². The number of nitrogens with one attached hydrogen (secondary N) is 1. The Bertz CT molecular complexity index is 1210. The molecule has 1 atom stereocenters. The first-order valence-corrected chi connectivity index (χ1v) is 10.8. The highest BCUT2D eigenvalue weighted by molar-refractivity contribution is 9.10. The molecule has 1 N–H and O–H groups in total. The smallest absolute Gasteiger partial charge is 0.150 e. The van der Waals surface area contributed by atoms with E-state index in [1.165, 1.54) is 11.1 Å². The average Bonchev–Trinajstić information content (AvgIpc) is 3.15. The van der Waals surface area contributed by atoms with Crippen LogP contribution in [0, 0.1) is 13.8 Å². The second-order valence-corrected chi connectivity index (χ2v) is 8.53. The van der Waals surface area contributed by atoms with Crippen LogP contribution in [-0.4, -0.2) is 9.78 Å². The van der Waals surface area contributed by atoms with Crippen LogP contribution in [0.5, 0.6) is 5.75 Å². The third-order valence-corrected chi connectivity index (χ3v) is 5.98. The summed E-state index contributed by atoms with van der Waals surface area (Å²) in [5, 5.41) is 8.51. The number of hydrogen-bond donors (Lipinski definition) is 1. The summed E-state index contributed by atoms with van der Waals surface area (Å²) in [5.41, 5.74) is 7.86. The number of para-hydroxylation sites is 2. The number of rotatable bonds is 4. The molecular formula is C25H22BrN3O. The van der Waals surface area contributed by atoms with E-state index in [4.69, 9.17) is 9.84 Å². The van der Waals surface area contributed by atoms with Gasteiger partial charge in [0.25, 0.3) is 0 Å². The van der Waals surface area contributed by atoms with Crippen LogP contribution in [0.2, 0.25) is 0 Å². The molecule has 0 fully saturated rings. The number of aryl methyl sites for hydroxylation is 2. The maximum Gasteiger partial charge on any atom is 0.150 e. The van der Waals surface area contributed by atoms with Gasteiger partial charge >= 0.3 is 0 Å². The maximum atomic E-state index is 6.26. The van der Waals surface area contributed by atoms with Crippen LogP contribution in [0.15, 0.2) is 77.3 Å². The normalized spacial score (nSPS) is 14.6. The van der Waals surface area contributed by atoms with Crippen LogP contribution in [0.3, 0.4) is 0 Å². The number of nitrogens with zero attached hydrogens (tertiary/aromatic N) is 2. The first-order valence-electron chi connectivity index (χ1n) is 9.99. The second-order valence-electron chi connectivity index (χ2n) is 7.61. The summed E-state index contributed by atoms with van der Waals surface area (Å²) in [4.78, 5) is 0. The van der Waals surface area contributed by atoms with Crippen molar-refractivity contribution in [3.05, 3.63) is 99.7 Å². The molecule has 1 aromatic heterocycles. The summed E-state index contributed by atoms with van der Waals surface area (Å²) in [6, 6.07) is 24.9. The van der Waals surface area contributed by atoms with Crippen LogP contribution >= 0.6 is 15.9 Å². The van der Waals surface area contributed by atoms with Crippen molar-refractivity contribution in [3.8, 4) is 17.0 Å². The standard InChI is InChI=1S/C25H22BrN3O/c1-16-6-5-8-20-22-14-17(2)28-29(22)25(27-24(16)20)21-7-3-4-9-23(21)30-15-18-10-12-19(26)13-11-18/h3-14,25,27H,15H2,1-2H3. The topological polar surface area (TPSA) is 39.1 Å². The summed E-state index contributed by atoms with van der Waals surface area (Å²) in [5.74, 6) is 0.856. The number of halogens is 1. The summed E-state index contributed by atoms with van der Waals surface area (Å²) in [6.45, 7) is 4.68. The number of aromatic nitrogens is 2. The molecule has 2 heterocycles. The monoisotopic (exact) mass is 459 g/mol. The lowest BCUT2D eigenvalue weighted by Gasteiger charge is -2.31. The van der Waals surface area contributed by atoms with Crippen LogP contribution in [-0.2, 0) is 6.61 Å². The number of hydrogen-bond acceptors (Lipinski definition) is 3. The molecule has 5 heteroatoms. The number of benzene rings is 3. The summed E-state index contributed by atoms with van der Waals surface area (Å²) in [6.07, 6.45) is -0.136. The van der Waals surface area contributed by atoms with Crippen molar-refractivity contribution in [2.45, 2.75) is 26.6 Å². The highest BCUT2D eigenvalue weighted by Crippen LogP contribution is 2.42. The van der Waals surface area contributed by atoms with E-state index in [1.54, 1.807) is 0 Å². The van der Waals surface area contributed by atoms with Gasteiger partial charge in [-0.3, -0.25) is 0 Å². The van der Waals surface area contributed by atoms with Gasteiger partial charge in [0.1, 0.15) is 12.4 Å². The maximum absolute atomic E-state index is 6.26. The summed E-state index contributed by atoms with van der Waals surface area (Å²) < 4.78 is 9.39. The first-order chi connectivity index (χ1) is 14.6. The van der Waals surface area contributed by atoms with Crippen molar-refractivity contribution in [1.82, 2.24) is 9.78 Å². The molecule has 150 valence electrons. The predicted molar refractivity (Wildman–Crippen MR) is 124 cm³/mol. The minimum absolute atomic E-state index is 0.136. The zero-order chi connectivity index (χ0) is 20.7. The van der Waals surface area contributed by atoms with E-state index >= 15 is 0 Å². The van der Waals surface area contributed by atoms with E-state index in [0.29, 0.717) is 6.61 Å². The van der Waals surface area contributed by atoms with Crippen molar-refractivity contribution < 1.29 is 4.74 Å². The van der Waals surface area contributed by atoms with Gasteiger partial charge in [0.05, 0.1) is 11.4 Å². The van der Waals surface area contributed by atoms with E-state index in [-0.39, 0.29) is 6.17 Å². The van der Waals surface area contributed by atoms with Crippen LogP contribution in [0.4, 0.5) is 5.69 Å². The van der Waals surface area contributed by atoms with E-state index < -0.39 is 0 Å². The van der Waals surface area contributed by atoms with Crippen LogP contribution in [0.25, 0.3) is 11.3 Å². The van der Waals surface area contributed by atoms with E-state index in [1.807, 2.05) is 37.3 Å². The third kappa shape index (κ3) is 3.39. The molecule has 3 aromatic carbocycles. The molecule has 4 nitrogen and oxygen atoms in total. The molecule has 0 saturated heterocycles. The molecule has 1 aliphatic heterocycles. The van der Waals surface area contributed by atoms with Crippen molar-refractivity contribution in [2.24, 2.45) is 0 Å². The Labute approximate surface area is 184 Å². The van der Waals surface area contributed by atoms with Gasteiger partial charge in [0, 0.05) is 21.3 Å². The molecule has 0 saturated carbocycles. The fourth-order valence-corrected chi connectivity index (χ4v) is 4.24. The Hall–Kier alpha value is -3.05. The molecule has 0 spiro atoms. The molecule has 30 heavy (non-hydrogen) atoms. The SMILES string of the molecule is Cc1cc2n(n1)C(c1ccccc1OCc1ccc(Br)cc1)Nc1c(C)cccc1-2. The van der Waals surface area contributed by atoms with Gasteiger partial charge in [-0.05, 0) is 49.2 Å². The van der Waals surface area contributed by atoms with Crippen molar-refractivity contribution in [1.29, 1.82) is 0 Å². The minimum Gasteiger partial charge on any atom is -0.488 e. The number of ether oxygens (including phenoxy) is 1. The lowest BCUT2D eigenvalue weighted by molar-refractivity contribution is 0.299. The lowest BCUT2D eigenvalue weighted by atomic mass is 10.0. The molecule has 0 radical (unpaired) electrons. The summed E-state index contributed by atoms with van der Waals surface area (Å²) in [7, 11) is 0. The Morgan fingerprint density at radius 2 is 1.80 bits per heavy atom. The first kappa shape index (κ1) is 18.9. The average molecular weight is 460 g/mol. The van der Waals surface area contributed by atoms with Crippen molar-refractivity contribution in [3.63, 3.8) is 0 Å². The molecule has 5 rings (SSSR count). The van der Waals surface area contributed by atoms with Gasteiger partial charge in [0.2, 0.25) is 0 Å². The number of anilines is 1. The van der Waals surface area contributed by atoms with Gasteiger partial charge in [-0.1, -0.05) is 64.5 Å². The van der Waals surface area contributed by atoms with Gasteiger partial charge in [-0.25, -0.2) is 4.68 Å². The minimum atomic E-state index is -0.136. The van der Waals surface area contributed by atoms with Gasteiger partial charge in [-0.2, -0.15) is 5.10 Å². The fraction of sp³-hybridized carbons (Fsp3) is 0.160. The zero-order valence-corrected chi connectivity index (χ0v) is 18.5. The predicted octanol–water partition coefficient (Wildman–Crippen LogP) is 6.48. The van der Waals surface area contributed by atoms with E-state index in [0.717, 1.165) is 38.4 Å². The fourth-order valence-electron chi connectivity index (χ4n) is 3.97. The largest absolute Gasteiger partial charge is 0.488 e. The Morgan fingerprint density at radius 1 is 1.00 bits per heavy atom. The number of fused-ring (bicyclic) bond motifs is 3. The molecule has 0 aliphatic carbocycles. The molecule has 4 aromatic rings. The zero-order valence-electron chi connectivity index (χ0n) is 16.9. The summed E-state index contributed by atoms with van der Waals surface area (Å²) >= 11 is 3.48. The molecular weight excluding hydrogens is 438 g/mol. The Morgan fingerprint density at radius 3 is 2.63 bits per heavy atom. The van der Waals surface area contributed by atoms with E-state index in [9.17, 15) is 0 Å². The van der Waals surface area contributed by atoms with Crippen molar-refractivity contribution in [2.75, 3.05) is 5.32 Å².